The Hall–Kier alpha value is -3.20. The van der Waals surface area contributed by atoms with Gasteiger partial charge in [0.2, 0.25) is 0 Å². The molecule has 0 aliphatic carbocycles. The van der Waals surface area contributed by atoms with Gasteiger partial charge in [-0.05, 0) is 29.7 Å². The lowest BCUT2D eigenvalue weighted by Crippen LogP contribution is -2.46. The highest BCUT2D eigenvalue weighted by atomic mass is 35.5. The van der Waals surface area contributed by atoms with Gasteiger partial charge < -0.3 is 4.74 Å². The van der Waals surface area contributed by atoms with Crippen LogP contribution in [0, 0.1) is 0 Å². The molecule has 0 aromatic heterocycles. The first kappa shape index (κ1) is 25.9. The Morgan fingerprint density at radius 2 is 1.31 bits per heavy atom. The van der Waals surface area contributed by atoms with Gasteiger partial charge in [-0.1, -0.05) is 83.9 Å². The predicted octanol–water partition coefficient (Wildman–Crippen LogP) is 4.73. The second-order valence-electron chi connectivity index (χ2n) is 8.36. The van der Waals surface area contributed by atoms with Crippen LogP contribution >= 0.6 is 23.2 Å². The fraction of sp³-hybridized carbons (Fsp3) is 0.192. The van der Waals surface area contributed by atoms with E-state index in [9.17, 15) is 22.8 Å². The van der Waals surface area contributed by atoms with Gasteiger partial charge in [-0.25, -0.2) is 13.2 Å². The Labute approximate surface area is 218 Å². The molecule has 0 radical (unpaired) electrons. The average molecular weight is 546 g/mol. The monoisotopic (exact) mass is 545 g/mol. The molecule has 0 spiro atoms. The van der Waals surface area contributed by atoms with Crippen molar-refractivity contribution in [1.29, 1.82) is 0 Å². The maximum Gasteiger partial charge on any atom is 0.330 e. The summed E-state index contributed by atoms with van der Waals surface area (Å²) in [5, 5.41) is 0.142. The Kier molecular flexibility index (Phi) is 7.49. The molecule has 1 atom stereocenters. The number of nitrogens with zero attached hydrogens (tertiary/aromatic N) is 1. The quantitative estimate of drug-likeness (QED) is 0.300. The average Bonchev–Trinajstić information content (AvgIpc) is 3.08. The number of benzene rings is 3. The standard InChI is InChI=1S/C26H21Cl2NO6S/c1-36(33,34)13-12-22(29-24(30)18-14-20(27)21(28)15-19(18)25(29)31)26(32)35-23(16-8-4-2-5-9-16)17-10-6-3-7-11-17/h2-11,14-15,22-23H,12-13H2,1H3/t22-/m1/s1. The van der Waals surface area contributed by atoms with Gasteiger partial charge in [-0.15, -0.1) is 0 Å². The minimum Gasteiger partial charge on any atom is -0.451 e. The van der Waals surface area contributed by atoms with Crippen molar-refractivity contribution < 1.29 is 27.5 Å². The predicted molar refractivity (Wildman–Crippen MR) is 136 cm³/mol. The van der Waals surface area contributed by atoms with Crippen LogP contribution in [0.3, 0.4) is 0 Å². The Morgan fingerprint density at radius 3 is 1.72 bits per heavy atom. The molecular formula is C26H21Cl2NO6S. The number of fused-ring (bicyclic) bond motifs is 1. The molecule has 0 bridgehead atoms. The maximum atomic E-state index is 13.6. The van der Waals surface area contributed by atoms with Crippen LogP contribution in [0.4, 0.5) is 0 Å². The first-order valence-corrected chi connectivity index (χ1v) is 13.7. The largest absolute Gasteiger partial charge is 0.451 e. The molecule has 0 unspecified atom stereocenters. The van der Waals surface area contributed by atoms with Crippen molar-refractivity contribution in [1.82, 2.24) is 4.90 Å². The van der Waals surface area contributed by atoms with Crippen LogP contribution in [0.1, 0.15) is 44.4 Å². The summed E-state index contributed by atoms with van der Waals surface area (Å²) in [7, 11) is -3.53. The summed E-state index contributed by atoms with van der Waals surface area (Å²) in [6.45, 7) is 0. The highest BCUT2D eigenvalue weighted by Gasteiger charge is 2.44. The van der Waals surface area contributed by atoms with Crippen molar-refractivity contribution >= 4 is 50.8 Å². The SMILES string of the molecule is CS(=O)(=O)CC[C@H](C(=O)OC(c1ccccc1)c1ccccc1)N1C(=O)c2cc(Cl)c(Cl)cc2C1=O. The molecule has 1 aliphatic rings. The number of carbonyl (C=O) groups excluding carboxylic acids is 3. The van der Waals surface area contributed by atoms with E-state index in [0.29, 0.717) is 11.1 Å². The van der Waals surface area contributed by atoms with Crippen LogP contribution in [-0.4, -0.2) is 49.2 Å². The number of carbonyl (C=O) groups is 3. The van der Waals surface area contributed by atoms with Gasteiger partial charge in [0.1, 0.15) is 15.9 Å². The second kappa shape index (κ2) is 10.4. The molecule has 4 rings (SSSR count). The molecule has 3 aromatic carbocycles. The normalized spacial score (nSPS) is 14.2. The van der Waals surface area contributed by atoms with Gasteiger partial charge in [0.15, 0.2) is 6.10 Å². The van der Waals surface area contributed by atoms with Gasteiger partial charge >= 0.3 is 5.97 Å². The fourth-order valence-electron chi connectivity index (χ4n) is 3.99. The van der Waals surface area contributed by atoms with Gasteiger partial charge in [-0.3, -0.25) is 14.5 Å². The highest BCUT2D eigenvalue weighted by molar-refractivity contribution is 7.90. The summed E-state index contributed by atoms with van der Waals surface area (Å²) in [5.74, 6) is -2.91. The smallest absolute Gasteiger partial charge is 0.330 e. The molecule has 1 heterocycles. The molecule has 0 saturated carbocycles. The molecule has 0 N–H and O–H groups in total. The van der Waals surface area contributed by atoms with E-state index in [0.717, 1.165) is 11.2 Å². The number of hydrogen-bond donors (Lipinski definition) is 0. The van der Waals surface area contributed by atoms with Crippen molar-refractivity contribution in [2.24, 2.45) is 0 Å². The Bertz CT molecular complexity index is 1350. The topological polar surface area (TPSA) is 97.8 Å². The van der Waals surface area contributed by atoms with E-state index in [2.05, 4.69) is 0 Å². The lowest BCUT2D eigenvalue weighted by molar-refractivity contribution is -0.152. The Balaban J connectivity index is 1.71. The number of amides is 2. The molecule has 3 aromatic rings. The van der Waals surface area contributed by atoms with E-state index in [1.165, 1.54) is 12.1 Å². The molecule has 2 amide bonds. The molecule has 0 saturated heterocycles. The van der Waals surface area contributed by atoms with Crippen LogP contribution in [0.15, 0.2) is 72.8 Å². The van der Waals surface area contributed by atoms with Crippen LogP contribution in [0.5, 0.6) is 0 Å². The summed E-state index contributed by atoms with van der Waals surface area (Å²) in [4.78, 5) is 40.7. The van der Waals surface area contributed by atoms with Gasteiger partial charge in [-0.2, -0.15) is 0 Å². The lowest BCUT2D eigenvalue weighted by Gasteiger charge is -2.27. The zero-order valence-electron chi connectivity index (χ0n) is 19.1. The van der Waals surface area contributed by atoms with E-state index < -0.39 is 45.5 Å². The van der Waals surface area contributed by atoms with Crippen LogP contribution in [0.2, 0.25) is 10.0 Å². The van der Waals surface area contributed by atoms with Gasteiger partial charge in [0, 0.05) is 6.26 Å². The fourth-order valence-corrected chi connectivity index (χ4v) is 4.97. The van der Waals surface area contributed by atoms with Crippen molar-refractivity contribution in [3.63, 3.8) is 0 Å². The molecule has 36 heavy (non-hydrogen) atoms. The highest BCUT2D eigenvalue weighted by Crippen LogP contribution is 2.34. The summed E-state index contributed by atoms with van der Waals surface area (Å²) >= 11 is 12.1. The van der Waals surface area contributed by atoms with E-state index in [-0.39, 0.29) is 27.6 Å². The minimum absolute atomic E-state index is 0.0192. The Morgan fingerprint density at radius 1 is 0.861 bits per heavy atom. The first-order valence-electron chi connectivity index (χ1n) is 10.9. The van der Waals surface area contributed by atoms with Crippen LogP contribution < -0.4 is 0 Å². The number of halogens is 2. The zero-order valence-corrected chi connectivity index (χ0v) is 21.4. The summed E-state index contributed by atoms with van der Waals surface area (Å²) < 4.78 is 29.7. The molecular weight excluding hydrogens is 525 g/mol. The van der Waals surface area contributed by atoms with Crippen molar-refractivity contribution in [3.05, 3.63) is 105 Å². The third kappa shape index (κ3) is 5.46. The van der Waals surface area contributed by atoms with Crippen molar-refractivity contribution in [3.8, 4) is 0 Å². The third-order valence-corrected chi connectivity index (χ3v) is 7.44. The number of hydrogen-bond acceptors (Lipinski definition) is 6. The number of rotatable bonds is 8. The van der Waals surface area contributed by atoms with Crippen LogP contribution in [-0.2, 0) is 19.4 Å². The third-order valence-electron chi connectivity index (χ3n) is 5.74. The van der Waals surface area contributed by atoms with E-state index in [4.69, 9.17) is 27.9 Å². The first-order chi connectivity index (χ1) is 17.1. The zero-order chi connectivity index (χ0) is 26.0. The number of esters is 1. The van der Waals surface area contributed by atoms with Gasteiger partial charge in [0.25, 0.3) is 11.8 Å². The van der Waals surface area contributed by atoms with Crippen molar-refractivity contribution in [2.45, 2.75) is 18.6 Å². The number of imide groups is 1. The second-order valence-corrected chi connectivity index (χ2v) is 11.4. The molecule has 10 heteroatoms. The number of sulfone groups is 1. The van der Waals surface area contributed by atoms with E-state index in [1.54, 1.807) is 48.5 Å². The molecule has 1 aliphatic heterocycles. The van der Waals surface area contributed by atoms with Crippen molar-refractivity contribution in [2.75, 3.05) is 12.0 Å². The summed E-state index contributed by atoms with van der Waals surface area (Å²) in [5.41, 5.74) is 1.29. The molecule has 7 nitrogen and oxygen atoms in total. The molecule has 186 valence electrons. The summed E-state index contributed by atoms with van der Waals surface area (Å²) in [6, 6.07) is 18.9. The summed E-state index contributed by atoms with van der Waals surface area (Å²) in [6.07, 6.45) is -0.172. The van der Waals surface area contributed by atoms with Crippen LogP contribution in [0.25, 0.3) is 0 Å². The van der Waals surface area contributed by atoms with Gasteiger partial charge in [0.05, 0.1) is 26.9 Å². The van der Waals surface area contributed by atoms with E-state index >= 15 is 0 Å². The molecule has 0 fully saturated rings. The van der Waals surface area contributed by atoms with E-state index in [1.807, 2.05) is 12.1 Å². The maximum absolute atomic E-state index is 13.6. The number of ether oxygens (including phenoxy) is 1. The lowest BCUT2D eigenvalue weighted by atomic mass is 10.0. The minimum atomic E-state index is -3.53.